The first-order valence-corrected chi connectivity index (χ1v) is 14.5. The number of ether oxygens (including phenoxy) is 2. The molecule has 7 atom stereocenters. The van der Waals surface area contributed by atoms with Crippen molar-refractivity contribution in [2.45, 2.75) is 29.4 Å². The quantitative estimate of drug-likeness (QED) is 0.209. The van der Waals surface area contributed by atoms with Crippen LogP contribution in [0, 0.1) is 36.5 Å². The Bertz CT molecular complexity index is 1320. The van der Waals surface area contributed by atoms with E-state index in [4.69, 9.17) is 9.47 Å². The van der Waals surface area contributed by atoms with Crippen LogP contribution in [0.5, 0.6) is 11.5 Å². The van der Waals surface area contributed by atoms with Gasteiger partial charge in [-0.3, -0.25) is 19.2 Å². The number of alkyl halides is 2. The number of hydrogen-bond acceptors (Lipinski definition) is 6. The molecule has 198 valence electrons. The van der Waals surface area contributed by atoms with Crippen LogP contribution in [0.15, 0.2) is 42.5 Å². The molecule has 2 aliphatic heterocycles. The predicted octanol–water partition coefficient (Wildman–Crippen LogP) is 4.24. The third-order valence-corrected chi connectivity index (χ3v) is 11.7. The maximum atomic E-state index is 13.4. The van der Waals surface area contributed by atoms with E-state index in [0.717, 1.165) is 6.42 Å². The van der Waals surface area contributed by atoms with Crippen molar-refractivity contribution in [1.29, 1.82) is 0 Å². The smallest absolute Gasteiger partial charge is 0.316 e. The number of methoxy groups -OCH3 is 1. The molecule has 2 saturated heterocycles. The zero-order valence-electron chi connectivity index (χ0n) is 20.8. The van der Waals surface area contributed by atoms with E-state index >= 15 is 0 Å². The Kier molecular flexibility index (Phi) is 6.38. The lowest BCUT2D eigenvalue weighted by Crippen LogP contribution is -2.37. The number of aryl methyl sites for hydroxylation is 1. The van der Waals surface area contributed by atoms with Crippen molar-refractivity contribution in [1.82, 2.24) is 0 Å². The number of esters is 1. The normalized spacial score (nSPS) is 31.8. The minimum Gasteiger partial charge on any atom is -0.497 e. The number of benzene rings is 2. The molecule has 38 heavy (non-hydrogen) atoms. The van der Waals surface area contributed by atoms with Gasteiger partial charge in [0, 0.05) is 28.3 Å². The van der Waals surface area contributed by atoms with Gasteiger partial charge >= 0.3 is 5.97 Å². The van der Waals surface area contributed by atoms with Crippen molar-refractivity contribution in [3.63, 3.8) is 0 Å². The zero-order valence-corrected chi connectivity index (χ0v) is 24.0. The molecule has 0 N–H and O–H groups in total. The molecule has 0 radical (unpaired) electrons. The highest BCUT2D eigenvalue weighted by molar-refractivity contribution is 9.12. The summed E-state index contributed by atoms with van der Waals surface area (Å²) in [4.78, 5) is 55.5. The molecule has 0 spiro atoms. The molecule has 0 unspecified atom stereocenters. The van der Waals surface area contributed by atoms with Crippen LogP contribution in [0.3, 0.4) is 0 Å². The van der Waals surface area contributed by atoms with E-state index in [1.54, 1.807) is 61.4 Å². The largest absolute Gasteiger partial charge is 0.497 e. The molecule has 4 fully saturated rings. The Morgan fingerprint density at radius 1 is 0.921 bits per heavy atom. The van der Waals surface area contributed by atoms with Gasteiger partial charge in [0.25, 0.3) is 0 Å². The minimum atomic E-state index is -0.601. The van der Waals surface area contributed by atoms with Gasteiger partial charge in [0.2, 0.25) is 17.7 Å². The maximum absolute atomic E-state index is 13.4. The topological polar surface area (TPSA) is 93.2 Å². The summed E-state index contributed by atoms with van der Waals surface area (Å²) in [5.74, 6) is -0.846. The van der Waals surface area contributed by atoms with E-state index in [1.807, 2.05) is 0 Å². The SMILES string of the molecule is COc1ccc(N2C[C@H](C(=O)Oc3ccc(N4C(=O)[C@@H]5[C@H]6C[C@@H]([C@@H](Br)[C@H]6Br)[C@H]5C4=O)c(C)c3)CC2=O)cc1. The van der Waals surface area contributed by atoms with E-state index in [0.29, 0.717) is 28.4 Å². The molecule has 8 nitrogen and oxygen atoms in total. The number of halogens is 2. The van der Waals surface area contributed by atoms with Crippen LogP contribution in [0.4, 0.5) is 11.4 Å². The number of rotatable bonds is 5. The Labute approximate surface area is 236 Å². The summed E-state index contributed by atoms with van der Waals surface area (Å²) in [6, 6.07) is 12.0. The molecular weight excluding hydrogens is 620 g/mol. The Hall–Kier alpha value is -2.72. The van der Waals surface area contributed by atoms with Crippen molar-refractivity contribution in [3.05, 3.63) is 48.0 Å². The highest BCUT2D eigenvalue weighted by atomic mass is 79.9. The molecule has 2 aliphatic carbocycles. The molecule has 4 aliphatic rings. The van der Waals surface area contributed by atoms with Gasteiger partial charge in [0.05, 0.1) is 30.6 Å². The molecule has 3 amide bonds. The number of hydrogen-bond donors (Lipinski definition) is 0. The minimum absolute atomic E-state index is 0.0625. The first kappa shape index (κ1) is 25.6. The second-order valence-corrected chi connectivity index (χ2v) is 12.6. The van der Waals surface area contributed by atoms with Crippen LogP contribution in [0.2, 0.25) is 0 Å². The molecule has 0 aromatic heterocycles. The molecule has 10 heteroatoms. The number of nitrogens with zero attached hydrogens (tertiary/aromatic N) is 2. The van der Waals surface area contributed by atoms with Gasteiger partial charge in [0.1, 0.15) is 11.5 Å². The molecule has 2 aromatic rings. The summed E-state index contributed by atoms with van der Waals surface area (Å²) in [5.41, 5.74) is 1.88. The van der Waals surface area contributed by atoms with E-state index in [2.05, 4.69) is 31.9 Å². The first-order chi connectivity index (χ1) is 18.2. The van der Waals surface area contributed by atoms with Gasteiger partial charge in [-0.2, -0.15) is 0 Å². The molecule has 2 bridgehead atoms. The summed E-state index contributed by atoms with van der Waals surface area (Å²) in [6.07, 6.45) is 0.937. The summed E-state index contributed by atoms with van der Waals surface area (Å²) in [7, 11) is 1.57. The van der Waals surface area contributed by atoms with Gasteiger partial charge in [-0.1, -0.05) is 31.9 Å². The van der Waals surface area contributed by atoms with Crippen molar-refractivity contribution in [2.24, 2.45) is 29.6 Å². The van der Waals surface area contributed by atoms with Crippen molar-refractivity contribution >= 4 is 66.9 Å². The zero-order chi connectivity index (χ0) is 26.9. The van der Waals surface area contributed by atoms with Gasteiger partial charge in [-0.05, 0) is 73.2 Å². The van der Waals surface area contributed by atoms with E-state index in [1.165, 1.54) is 4.90 Å². The lowest BCUT2D eigenvalue weighted by Gasteiger charge is -2.28. The molecule has 2 saturated carbocycles. The number of anilines is 2. The second kappa shape index (κ2) is 9.48. The fourth-order valence-corrected chi connectivity index (χ4v) is 8.48. The third-order valence-electron chi connectivity index (χ3n) is 8.46. The van der Waals surface area contributed by atoms with Crippen LogP contribution < -0.4 is 19.3 Å². The summed E-state index contributed by atoms with van der Waals surface area (Å²) < 4.78 is 10.8. The van der Waals surface area contributed by atoms with Gasteiger partial charge in [-0.25, -0.2) is 4.90 Å². The number of carbonyl (C=O) groups excluding carboxylic acids is 4. The molecular formula is C28H26Br2N2O6. The van der Waals surface area contributed by atoms with E-state index in [-0.39, 0.29) is 64.0 Å². The monoisotopic (exact) mass is 644 g/mol. The molecule has 2 aromatic carbocycles. The maximum Gasteiger partial charge on any atom is 0.316 e. The van der Waals surface area contributed by atoms with Gasteiger partial charge < -0.3 is 14.4 Å². The van der Waals surface area contributed by atoms with Crippen molar-refractivity contribution in [3.8, 4) is 11.5 Å². The van der Waals surface area contributed by atoms with Gasteiger partial charge in [0.15, 0.2) is 0 Å². The summed E-state index contributed by atoms with van der Waals surface area (Å²) in [5, 5.41) is 0. The van der Waals surface area contributed by atoms with Crippen LogP contribution in [0.25, 0.3) is 0 Å². The predicted molar refractivity (Wildman–Crippen MR) is 147 cm³/mol. The number of fused-ring (bicyclic) bond motifs is 5. The molecule has 2 heterocycles. The molecule has 6 rings (SSSR count). The highest BCUT2D eigenvalue weighted by Gasteiger charge is 2.66. The highest BCUT2D eigenvalue weighted by Crippen LogP contribution is 2.60. The average molecular weight is 646 g/mol. The number of imide groups is 1. The second-order valence-electron chi connectivity index (χ2n) is 10.5. The van der Waals surface area contributed by atoms with E-state index < -0.39 is 11.9 Å². The Morgan fingerprint density at radius 3 is 2.11 bits per heavy atom. The van der Waals surface area contributed by atoms with Crippen LogP contribution >= 0.6 is 31.9 Å². The Morgan fingerprint density at radius 2 is 1.53 bits per heavy atom. The van der Waals surface area contributed by atoms with Crippen molar-refractivity contribution in [2.75, 3.05) is 23.5 Å². The van der Waals surface area contributed by atoms with Crippen molar-refractivity contribution < 1.29 is 28.7 Å². The third kappa shape index (κ3) is 3.90. The number of carbonyl (C=O) groups is 4. The van der Waals surface area contributed by atoms with Gasteiger partial charge in [-0.15, -0.1) is 0 Å². The summed E-state index contributed by atoms with van der Waals surface area (Å²) >= 11 is 7.43. The van der Waals surface area contributed by atoms with E-state index in [9.17, 15) is 19.2 Å². The summed E-state index contributed by atoms with van der Waals surface area (Å²) in [6.45, 7) is 2.02. The first-order valence-electron chi connectivity index (χ1n) is 12.6. The fraction of sp³-hybridized carbons (Fsp3) is 0.429. The van der Waals surface area contributed by atoms with Crippen LogP contribution in [0.1, 0.15) is 18.4 Å². The van der Waals surface area contributed by atoms with Crippen LogP contribution in [-0.4, -0.2) is 47.0 Å². The Balaban J connectivity index is 1.15. The number of amides is 3. The van der Waals surface area contributed by atoms with Crippen LogP contribution in [-0.2, 0) is 19.2 Å². The average Bonchev–Trinajstić information content (AvgIpc) is 3.62. The fourth-order valence-electron chi connectivity index (χ4n) is 6.61. The lowest BCUT2D eigenvalue weighted by molar-refractivity contribution is -0.139. The lowest BCUT2D eigenvalue weighted by atomic mass is 9.81. The standard InChI is InChI=1S/C28H26Br2N2O6/c1-13-9-17(38-28(36)14-10-21(33)31(12-14)15-3-5-16(37-2)6-4-15)7-8-20(13)32-26(34)22-18-11-19(23(22)27(32)35)25(30)24(18)29/h3-9,14,18-19,22-25H,10-12H2,1-2H3/t14-,18-,19-,22-,23-,24-,25+/m1/s1.